The molecule has 0 aliphatic carbocycles. The summed E-state index contributed by atoms with van der Waals surface area (Å²) in [6.45, 7) is 1.12. The highest BCUT2D eigenvalue weighted by Crippen LogP contribution is 2.40. The fourth-order valence-electron chi connectivity index (χ4n) is 3.65. The topological polar surface area (TPSA) is 93.5 Å². The Morgan fingerprint density at radius 3 is 2.67 bits per heavy atom. The Bertz CT molecular complexity index is 1040. The molecule has 2 heterocycles. The zero-order valence-electron chi connectivity index (χ0n) is 16.2. The number of thioether (sulfide) groups is 1. The highest BCUT2D eigenvalue weighted by Gasteiger charge is 2.41. The van der Waals surface area contributed by atoms with Gasteiger partial charge in [0.1, 0.15) is 6.54 Å². The van der Waals surface area contributed by atoms with Gasteiger partial charge in [0.2, 0.25) is 11.8 Å². The van der Waals surface area contributed by atoms with Gasteiger partial charge in [0.25, 0.3) is 5.91 Å². The highest BCUT2D eigenvalue weighted by atomic mass is 32.2. The monoisotopic (exact) mass is 420 g/mol. The van der Waals surface area contributed by atoms with Crippen LogP contribution in [0.4, 0.5) is 11.4 Å². The van der Waals surface area contributed by atoms with Crippen LogP contribution in [0.25, 0.3) is 0 Å². The van der Waals surface area contributed by atoms with Crippen molar-refractivity contribution in [2.75, 3.05) is 29.9 Å². The van der Waals surface area contributed by atoms with Crippen molar-refractivity contribution in [1.82, 2.24) is 4.90 Å². The van der Waals surface area contributed by atoms with E-state index in [4.69, 9.17) is 5.26 Å². The minimum atomic E-state index is -0.882. The number of carbonyl (C=O) groups is 3. The number of carbonyl (C=O) groups excluding carboxylic acids is 3. The van der Waals surface area contributed by atoms with Gasteiger partial charge in [-0.1, -0.05) is 18.2 Å². The molecule has 2 aromatic rings. The first-order valence-electron chi connectivity index (χ1n) is 9.72. The number of amides is 3. The van der Waals surface area contributed by atoms with E-state index in [1.54, 1.807) is 41.3 Å². The number of para-hydroxylation sites is 1. The van der Waals surface area contributed by atoms with Crippen molar-refractivity contribution in [3.63, 3.8) is 0 Å². The zero-order chi connectivity index (χ0) is 21.1. The third-order valence-electron chi connectivity index (χ3n) is 5.11. The molecular formula is C22H20N4O3S. The number of anilines is 2. The van der Waals surface area contributed by atoms with Gasteiger partial charge in [-0.15, -0.1) is 11.8 Å². The van der Waals surface area contributed by atoms with Gasteiger partial charge in [0.05, 0.1) is 17.3 Å². The number of rotatable bonds is 4. The van der Waals surface area contributed by atoms with E-state index in [9.17, 15) is 14.4 Å². The van der Waals surface area contributed by atoms with E-state index in [-0.39, 0.29) is 18.4 Å². The fraction of sp³-hybridized carbons (Fsp3) is 0.273. The normalized spacial score (nSPS) is 18.0. The molecule has 4 rings (SSSR count). The van der Waals surface area contributed by atoms with Crippen LogP contribution in [0.15, 0.2) is 53.4 Å². The largest absolute Gasteiger partial charge is 0.341 e. The lowest BCUT2D eigenvalue weighted by atomic mass is 10.2. The Morgan fingerprint density at radius 1 is 1.13 bits per heavy atom. The van der Waals surface area contributed by atoms with E-state index < -0.39 is 11.2 Å². The van der Waals surface area contributed by atoms with Crippen molar-refractivity contribution in [3.05, 3.63) is 54.1 Å². The van der Waals surface area contributed by atoms with Crippen molar-refractivity contribution in [2.45, 2.75) is 23.0 Å². The van der Waals surface area contributed by atoms with Crippen molar-refractivity contribution in [3.8, 4) is 6.07 Å². The summed E-state index contributed by atoms with van der Waals surface area (Å²) in [4.78, 5) is 42.7. The van der Waals surface area contributed by atoms with Crippen LogP contribution >= 0.6 is 11.8 Å². The van der Waals surface area contributed by atoms with Crippen LogP contribution in [-0.2, 0) is 14.4 Å². The molecule has 1 saturated heterocycles. The van der Waals surface area contributed by atoms with Gasteiger partial charge in [-0.25, -0.2) is 0 Å². The summed E-state index contributed by atoms with van der Waals surface area (Å²) >= 11 is 1.25. The van der Waals surface area contributed by atoms with Crippen LogP contribution in [0, 0.1) is 11.3 Å². The van der Waals surface area contributed by atoms with Crippen molar-refractivity contribution < 1.29 is 14.4 Å². The molecule has 0 spiro atoms. The lowest BCUT2D eigenvalue weighted by Gasteiger charge is -2.34. The number of hydrogen-bond donors (Lipinski definition) is 1. The molecule has 30 heavy (non-hydrogen) atoms. The molecule has 1 N–H and O–H groups in total. The minimum Gasteiger partial charge on any atom is -0.341 e. The quantitative estimate of drug-likeness (QED) is 0.768. The van der Waals surface area contributed by atoms with Gasteiger partial charge in [0, 0.05) is 23.7 Å². The fourth-order valence-corrected chi connectivity index (χ4v) is 4.84. The Kier molecular flexibility index (Phi) is 5.72. The SMILES string of the molecule is N#Cc1cccc(NC(=O)CN2C(=O)C(C(=O)N3CCCC3)Sc3ccccc32)c1. The van der Waals surface area contributed by atoms with Gasteiger partial charge in [-0.05, 0) is 43.2 Å². The summed E-state index contributed by atoms with van der Waals surface area (Å²) < 4.78 is 0. The van der Waals surface area contributed by atoms with Gasteiger partial charge >= 0.3 is 0 Å². The van der Waals surface area contributed by atoms with E-state index >= 15 is 0 Å². The Balaban J connectivity index is 1.55. The molecule has 2 aliphatic heterocycles. The molecule has 0 saturated carbocycles. The number of nitrogens with zero attached hydrogens (tertiary/aromatic N) is 3. The van der Waals surface area contributed by atoms with Crippen LogP contribution in [-0.4, -0.2) is 47.5 Å². The number of nitriles is 1. The molecule has 0 radical (unpaired) electrons. The lowest BCUT2D eigenvalue weighted by molar-refractivity contribution is -0.134. The predicted molar refractivity (Wildman–Crippen MR) is 114 cm³/mol. The summed E-state index contributed by atoms with van der Waals surface area (Å²) in [5.41, 5.74) is 1.54. The number of hydrogen-bond acceptors (Lipinski definition) is 5. The Labute approximate surface area is 178 Å². The molecule has 8 heteroatoms. The van der Waals surface area contributed by atoms with Crippen molar-refractivity contribution >= 4 is 40.9 Å². The summed E-state index contributed by atoms with van der Waals surface area (Å²) in [5, 5.41) is 10.9. The number of nitrogens with one attached hydrogen (secondary N) is 1. The second-order valence-electron chi connectivity index (χ2n) is 7.16. The van der Waals surface area contributed by atoms with Crippen LogP contribution in [0.1, 0.15) is 18.4 Å². The zero-order valence-corrected chi connectivity index (χ0v) is 17.0. The standard InChI is InChI=1S/C22H20N4O3S/c23-13-15-6-5-7-16(12-15)24-19(27)14-26-17-8-1-2-9-18(17)30-20(22(26)29)21(28)25-10-3-4-11-25/h1-2,5-9,12,20H,3-4,10-11,14H2,(H,24,27). The molecule has 2 aromatic carbocycles. The van der Waals surface area contributed by atoms with E-state index in [0.717, 1.165) is 17.7 Å². The van der Waals surface area contributed by atoms with Gasteiger partial charge in [0.15, 0.2) is 5.25 Å². The summed E-state index contributed by atoms with van der Waals surface area (Å²) in [6, 6.07) is 15.9. The van der Waals surface area contributed by atoms with E-state index in [1.165, 1.54) is 16.7 Å². The first kappa shape index (κ1) is 20.0. The second-order valence-corrected chi connectivity index (χ2v) is 8.31. The average molecular weight is 420 g/mol. The minimum absolute atomic E-state index is 0.191. The maximum atomic E-state index is 13.2. The van der Waals surface area contributed by atoms with E-state index in [1.807, 2.05) is 18.2 Å². The van der Waals surface area contributed by atoms with E-state index in [0.29, 0.717) is 30.0 Å². The maximum absolute atomic E-state index is 13.2. The van der Waals surface area contributed by atoms with Crippen LogP contribution < -0.4 is 10.2 Å². The smallest absolute Gasteiger partial charge is 0.250 e. The summed E-state index contributed by atoms with van der Waals surface area (Å²) in [7, 11) is 0. The first-order valence-corrected chi connectivity index (χ1v) is 10.6. The van der Waals surface area contributed by atoms with Crippen molar-refractivity contribution in [2.24, 2.45) is 0 Å². The predicted octanol–water partition coefficient (Wildman–Crippen LogP) is 2.63. The molecule has 1 fully saturated rings. The highest BCUT2D eigenvalue weighted by molar-refractivity contribution is 8.01. The second kappa shape index (κ2) is 8.59. The first-order chi connectivity index (χ1) is 14.6. The molecule has 1 unspecified atom stereocenters. The van der Waals surface area contributed by atoms with Gasteiger partial charge in [-0.2, -0.15) is 5.26 Å². The summed E-state index contributed by atoms with van der Waals surface area (Å²) in [5.74, 6) is -0.965. The lowest BCUT2D eigenvalue weighted by Crippen LogP contribution is -2.51. The molecule has 152 valence electrons. The average Bonchev–Trinajstić information content (AvgIpc) is 3.30. The van der Waals surface area contributed by atoms with Crippen LogP contribution in [0.5, 0.6) is 0 Å². The Morgan fingerprint density at radius 2 is 1.90 bits per heavy atom. The number of likely N-dealkylation sites (tertiary alicyclic amines) is 1. The van der Waals surface area contributed by atoms with Gasteiger partial charge in [-0.3, -0.25) is 14.4 Å². The number of fused-ring (bicyclic) bond motifs is 1. The molecule has 7 nitrogen and oxygen atoms in total. The molecule has 2 aliphatic rings. The van der Waals surface area contributed by atoms with Gasteiger partial charge < -0.3 is 15.1 Å². The van der Waals surface area contributed by atoms with Crippen LogP contribution in [0.2, 0.25) is 0 Å². The summed E-state index contributed by atoms with van der Waals surface area (Å²) in [6.07, 6.45) is 1.89. The molecule has 3 amide bonds. The molecule has 1 atom stereocenters. The third kappa shape index (κ3) is 4.02. The van der Waals surface area contributed by atoms with Crippen molar-refractivity contribution in [1.29, 1.82) is 5.26 Å². The van der Waals surface area contributed by atoms with E-state index in [2.05, 4.69) is 5.32 Å². The molecule has 0 bridgehead atoms. The maximum Gasteiger partial charge on any atom is 0.250 e. The number of benzene rings is 2. The Hall–Kier alpha value is -3.31. The third-order valence-corrected chi connectivity index (χ3v) is 6.35. The molecule has 0 aromatic heterocycles. The molecular weight excluding hydrogens is 400 g/mol. The van der Waals surface area contributed by atoms with Crippen LogP contribution in [0.3, 0.4) is 0 Å².